The Bertz CT molecular complexity index is 429. The van der Waals surface area contributed by atoms with Gasteiger partial charge in [-0.25, -0.2) is 0 Å². The fourth-order valence-electron chi connectivity index (χ4n) is 1.51. The molecule has 0 atom stereocenters. The van der Waals surface area contributed by atoms with Crippen LogP contribution in [-0.4, -0.2) is 39.7 Å². The monoisotopic (exact) mass is 349 g/mol. The predicted molar refractivity (Wildman–Crippen MR) is 80.1 cm³/mol. The third-order valence-corrected chi connectivity index (χ3v) is 3.23. The van der Waals surface area contributed by atoms with Gasteiger partial charge in [-0.05, 0) is 24.6 Å². The highest BCUT2D eigenvalue weighted by Crippen LogP contribution is 2.31. The minimum absolute atomic E-state index is 0.0229. The Morgan fingerprint density at radius 3 is 2.74 bits per heavy atom. The molecular weight excluding hydrogens is 332 g/mol. The van der Waals surface area contributed by atoms with Gasteiger partial charge in [-0.1, -0.05) is 27.5 Å². The summed E-state index contributed by atoms with van der Waals surface area (Å²) in [5.41, 5.74) is 0.893. The van der Waals surface area contributed by atoms with Crippen molar-refractivity contribution in [2.75, 3.05) is 33.8 Å². The first-order chi connectivity index (χ1) is 8.90. The van der Waals surface area contributed by atoms with E-state index >= 15 is 0 Å². The molecule has 0 aromatic heterocycles. The average molecular weight is 351 g/mol. The molecule has 6 heteroatoms. The topological polar surface area (TPSA) is 42.8 Å². The first kappa shape index (κ1) is 16.3. The van der Waals surface area contributed by atoms with E-state index in [1.807, 2.05) is 27.1 Å². The van der Waals surface area contributed by atoms with E-state index in [1.165, 1.54) is 4.90 Å². The van der Waals surface area contributed by atoms with Gasteiger partial charge in [-0.3, -0.25) is 4.79 Å². The zero-order valence-corrected chi connectivity index (χ0v) is 13.7. The van der Waals surface area contributed by atoms with Crippen molar-refractivity contribution in [2.24, 2.45) is 0 Å². The number of rotatable bonds is 6. The summed E-state index contributed by atoms with van der Waals surface area (Å²) in [4.78, 5) is 12.9. The standard InChI is InChI=1S/C13H18BrClN2O2/c1-9-6-10(14)7-11(15)13(9)19-8-12(18)16-4-5-17(2)3/h6-7H,4-5,8H2,1-3H3,(H,16,18)/p+1. The minimum atomic E-state index is -0.139. The van der Waals surface area contributed by atoms with Crippen LogP contribution in [0.2, 0.25) is 5.02 Å². The molecule has 0 unspecified atom stereocenters. The van der Waals surface area contributed by atoms with Gasteiger partial charge in [0.15, 0.2) is 6.61 Å². The normalized spacial score (nSPS) is 10.6. The van der Waals surface area contributed by atoms with Crippen molar-refractivity contribution in [3.05, 3.63) is 27.2 Å². The summed E-state index contributed by atoms with van der Waals surface area (Å²) in [5.74, 6) is 0.415. The molecule has 0 fully saturated rings. The summed E-state index contributed by atoms with van der Waals surface area (Å²) in [6, 6.07) is 3.64. The van der Waals surface area contributed by atoms with Crippen LogP contribution in [0.3, 0.4) is 0 Å². The Labute approximate surface area is 127 Å². The number of benzene rings is 1. The lowest BCUT2D eigenvalue weighted by Crippen LogP contribution is -3.06. The predicted octanol–water partition coefficient (Wildman–Crippen LogP) is 1.05. The van der Waals surface area contributed by atoms with Crippen molar-refractivity contribution in [3.8, 4) is 5.75 Å². The molecule has 0 aliphatic heterocycles. The van der Waals surface area contributed by atoms with E-state index in [-0.39, 0.29) is 12.5 Å². The van der Waals surface area contributed by atoms with Crippen LogP contribution in [-0.2, 0) is 4.79 Å². The number of carbonyl (C=O) groups excluding carboxylic acids is 1. The molecule has 1 aromatic rings. The highest BCUT2D eigenvalue weighted by molar-refractivity contribution is 9.10. The molecule has 0 heterocycles. The fourth-order valence-corrected chi connectivity index (χ4v) is 2.54. The summed E-state index contributed by atoms with van der Waals surface area (Å²) in [6.07, 6.45) is 0. The fraction of sp³-hybridized carbons (Fsp3) is 0.462. The van der Waals surface area contributed by atoms with E-state index in [1.54, 1.807) is 6.07 Å². The van der Waals surface area contributed by atoms with Gasteiger partial charge in [-0.2, -0.15) is 0 Å². The molecule has 0 saturated heterocycles. The number of hydrogen-bond donors (Lipinski definition) is 2. The van der Waals surface area contributed by atoms with Crippen molar-refractivity contribution >= 4 is 33.4 Å². The zero-order valence-electron chi connectivity index (χ0n) is 11.3. The van der Waals surface area contributed by atoms with E-state index in [2.05, 4.69) is 21.2 Å². The van der Waals surface area contributed by atoms with E-state index < -0.39 is 0 Å². The number of nitrogens with one attached hydrogen (secondary N) is 2. The van der Waals surface area contributed by atoms with Crippen LogP contribution in [0.4, 0.5) is 0 Å². The van der Waals surface area contributed by atoms with Crippen molar-refractivity contribution in [3.63, 3.8) is 0 Å². The maximum absolute atomic E-state index is 11.6. The Balaban J connectivity index is 2.46. The Hall–Kier alpha value is -0.780. The Morgan fingerprint density at radius 2 is 2.16 bits per heavy atom. The van der Waals surface area contributed by atoms with Crippen LogP contribution in [0, 0.1) is 6.92 Å². The van der Waals surface area contributed by atoms with Crippen LogP contribution >= 0.6 is 27.5 Å². The number of quaternary nitrogens is 1. The number of amides is 1. The molecule has 4 nitrogen and oxygen atoms in total. The summed E-state index contributed by atoms with van der Waals surface area (Å²) < 4.78 is 6.36. The highest BCUT2D eigenvalue weighted by Gasteiger charge is 2.10. The van der Waals surface area contributed by atoms with Crippen molar-refractivity contribution in [1.82, 2.24) is 5.32 Å². The maximum atomic E-state index is 11.6. The van der Waals surface area contributed by atoms with Crippen LogP contribution < -0.4 is 15.0 Å². The lowest BCUT2D eigenvalue weighted by atomic mass is 10.2. The third-order valence-electron chi connectivity index (χ3n) is 2.49. The second-order valence-corrected chi connectivity index (χ2v) is 5.95. The van der Waals surface area contributed by atoms with Gasteiger partial charge in [0.25, 0.3) is 5.91 Å². The molecular formula is C13H19BrClN2O2+. The number of halogens is 2. The molecule has 0 radical (unpaired) electrons. The van der Waals surface area contributed by atoms with Crippen molar-refractivity contribution < 1.29 is 14.4 Å². The molecule has 0 saturated carbocycles. The number of aryl methyl sites for hydroxylation is 1. The quantitative estimate of drug-likeness (QED) is 0.805. The molecule has 2 N–H and O–H groups in total. The van der Waals surface area contributed by atoms with E-state index in [9.17, 15) is 4.79 Å². The first-order valence-corrected chi connectivity index (χ1v) is 7.21. The largest absolute Gasteiger partial charge is 0.482 e. The van der Waals surface area contributed by atoms with Gasteiger partial charge in [0.1, 0.15) is 5.75 Å². The van der Waals surface area contributed by atoms with Gasteiger partial charge in [-0.15, -0.1) is 0 Å². The van der Waals surface area contributed by atoms with Gasteiger partial charge in [0.05, 0.1) is 32.2 Å². The Morgan fingerprint density at radius 1 is 1.47 bits per heavy atom. The molecule has 0 aliphatic carbocycles. The number of carbonyl (C=O) groups is 1. The molecule has 19 heavy (non-hydrogen) atoms. The molecule has 0 aliphatic rings. The van der Waals surface area contributed by atoms with Gasteiger partial charge in [0.2, 0.25) is 0 Å². The molecule has 1 amide bonds. The summed E-state index contributed by atoms with van der Waals surface area (Å²) >= 11 is 9.43. The van der Waals surface area contributed by atoms with Crippen LogP contribution in [0.15, 0.2) is 16.6 Å². The van der Waals surface area contributed by atoms with Crippen molar-refractivity contribution in [1.29, 1.82) is 0 Å². The average Bonchev–Trinajstić information content (AvgIpc) is 2.26. The van der Waals surface area contributed by atoms with Gasteiger partial charge >= 0.3 is 0 Å². The number of ether oxygens (including phenoxy) is 1. The molecule has 1 rings (SSSR count). The smallest absolute Gasteiger partial charge is 0.258 e. The molecule has 0 bridgehead atoms. The second kappa shape index (κ2) is 7.72. The summed E-state index contributed by atoms with van der Waals surface area (Å²) in [5, 5.41) is 3.30. The van der Waals surface area contributed by atoms with Crippen LogP contribution in [0.1, 0.15) is 5.56 Å². The van der Waals surface area contributed by atoms with E-state index in [0.29, 0.717) is 17.3 Å². The second-order valence-electron chi connectivity index (χ2n) is 4.63. The zero-order chi connectivity index (χ0) is 14.4. The van der Waals surface area contributed by atoms with Crippen LogP contribution in [0.5, 0.6) is 5.75 Å². The van der Waals surface area contributed by atoms with Gasteiger partial charge in [0, 0.05) is 4.47 Å². The Kier molecular flexibility index (Phi) is 6.62. The highest BCUT2D eigenvalue weighted by atomic mass is 79.9. The summed E-state index contributed by atoms with van der Waals surface area (Å²) in [7, 11) is 4.07. The van der Waals surface area contributed by atoms with Gasteiger partial charge < -0.3 is 15.0 Å². The number of hydrogen-bond acceptors (Lipinski definition) is 2. The maximum Gasteiger partial charge on any atom is 0.258 e. The lowest BCUT2D eigenvalue weighted by molar-refractivity contribution is -0.856. The minimum Gasteiger partial charge on any atom is -0.482 e. The molecule has 106 valence electrons. The molecule has 1 aromatic carbocycles. The molecule has 0 spiro atoms. The summed E-state index contributed by atoms with van der Waals surface area (Å²) in [6.45, 7) is 3.38. The van der Waals surface area contributed by atoms with E-state index in [4.69, 9.17) is 16.3 Å². The lowest BCUT2D eigenvalue weighted by Gasteiger charge is -2.12. The number of likely N-dealkylation sites (N-methyl/N-ethyl adjacent to an activating group) is 1. The third kappa shape index (κ3) is 5.80. The first-order valence-electron chi connectivity index (χ1n) is 6.04. The van der Waals surface area contributed by atoms with Crippen molar-refractivity contribution in [2.45, 2.75) is 6.92 Å². The van der Waals surface area contributed by atoms with Crippen LogP contribution in [0.25, 0.3) is 0 Å². The van der Waals surface area contributed by atoms with E-state index in [0.717, 1.165) is 16.6 Å². The SMILES string of the molecule is Cc1cc(Br)cc(Cl)c1OCC(=O)NCC[NH+](C)C.